The van der Waals surface area contributed by atoms with E-state index in [4.69, 9.17) is 5.73 Å². The topological polar surface area (TPSA) is 86.7 Å². The van der Waals surface area contributed by atoms with Crippen molar-refractivity contribution >= 4 is 28.6 Å². The molecule has 0 atom stereocenters. The van der Waals surface area contributed by atoms with Gasteiger partial charge in [0.05, 0.1) is 5.52 Å². The molecule has 0 aliphatic heterocycles. The zero-order chi connectivity index (χ0) is 16.4. The van der Waals surface area contributed by atoms with Crippen molar-refractivity contribution in [2.24, 2.45) is 5.73 Å². The normalized spacial score (nSPS) is 11.0. The van der Waals surface area contributed by atoms with Crippen molar-refractivity contribution in [1.82, 2.24) is 19.7 Å². The summed E-state index contributed by atoms with van der Waals surface area (Å²) in [7, 11) is 0. The average molecular weight is 327 g/mol. The lowest BCUT2D eigenvalue weighted by atomic mass is 10.1. The standard InChI is InChI=1S/C16H17N5OS/c1-10-7-12(13-5-3-4-6-14(13)18-10)9-23-16-20-19-11(2)21(16)8-15(17)22/h3-7H,8-9H2,1-2H3,(H2,17,22). The molecule has 1 amide bonds. The maximum absolute atomic E-state index is 11.2. The first-order chi connectivity index (χ1) is 11.0. The molecule has 2 aromatic heterocycles. The van der Waals surface area contributed by atoms with E-state index in [0.717, 1.165) is 22.3 Å². The molecule has 3 rings (SSSR count). The van der Waals surface area contributed by atoms with E-state index in [-0.39, 0.29) is 6.54 Å². The second kappa shape index (κ2) is 6.37. The number of nitrogens with zero attached hydrogens (tertiary/aromatic N) is 4. The first kappa shape index (κ1) is 15.5. The molecule has 3 aromatic rings. The van der Waals surface area contributed by atoms with Gasteiger partial charge in [-0.3, -0.25) is 14.3 Å². The molecule has 118 valence electrons. The van der Waals surface area contributed by atoms with Gasteiger partial charge < -0.3 is 5.73 Å². The number of pyridine rings is 1. The van der Waals surface area contributed by atoms with Gasteiger partial charge in [-0.1, -0.05) is 30.0 Å². The number of aryl methyl sites for hydroxylation is 2. The Morgan fingerprint density at radius 2 is 2.04 bits per heavy atom. The zero-order valence-corrected chi connectivity index (χ0v) is 13.8. The number of nitrogens with two attached hydrogens (primary N) is 1. The van der Waals surface area contributed by atoms with E-state index in [1.165, 1.54) is 5.56 Å². The minimum atomic E-state index is -0.403. The van der Waals surface area contributed by atoms with Crippen molar-refractivity contribution in [1.29, 1.82) is 0 Å². The second-order valence-corrected chi connectivity index (χ2v) is 6.25. The largest absolute Gasteiger partial charge is 0.368 e. The van der Waals surface area contributed by atoms with Crippen molar-refractivity contribution in [2.45, 2.75) is 31.3 Å². The van der Waals surface area contributed by atoms with Gasteiger partial charge in [0, 0.05) is 16.8 Å². The SMILES string of the molecule is Cc1cc(CSc2nnc(C)n2CC(N)=O)c2ccccc2n1. The van der Waals surface area contributed by atoms with Gasteiger partial charge in [-0.05, 0) is 31.5 Å². The molecule has 2 heterocycles. The van der Waals surface area contributed by atoms with E-state index in [2.05, 4.69) is 27.3 Å². The number of para-hydroxylation sites is 1. The average Bonchev–Trinajstić information content (AvgIpc) is 2.85. The maximum Gasteiger partial charge on any atom is 0.237 e. The van der Waals surface area contributed by atoms with Gasteiger partial charge in [-0.25, -0.2) is 0 Å². The maximum atomic E-state index is 11.2. The Labute approximate surface area is 138 Å². The summed E-state index contributed by atoms with van der Waals surface area (Å²) >= 11 is 1.54. The van der Waals surface area contributed by atoms with Gasteiger partial charge in [0.15, 0.2) is 5.16 Å². The first-order valence-electron chi connectivity index (χ1n) is 7.21. The van der Waals surface area contributed by atoms with Crippen molar-refractivity contribution in [3.05, 3.63) is 47.4 Å². The smallest absolute Gasteiger partial charge is 0.237 e. The van der Waals surface area contributed by atoms with Crippen molar-refractivity contribution in [3.8, 4) is 0 Å². The summed E-state index contributed by atoms with van der Waals surface area (Å²) in [6, 6.07) is 10.1. The molecule has 0 radical (unpaired) electrons. The van der Waals surface area contributed by atoms with Crippen LogP contribution >= 0.6 is 11.8 Å². The van der Waals surface area contributed by atoms with Gasteiger partial charge in [-0.2, -0.15) is 0 Å². The number of hydrogen-bond donors (Lipinski definition) is 1. The lowest BCUT2D eigenvalue weighted by molar-refractivity contribution is -0.118. The lowest BCUT2D eigenvalue weighted by Crippen LogP contribution is -2.20. The van der Waals surface area contributed by atoms with E-state index >= 15 is 0 Å². The molecule has 7 heteroatoms. The third kappa shape index (κ3) is 3.34. The summed E-state index contributed by atoms with van der Waals surface area (Å²) in [6.45, 7) is 3.89. The fraction of sp³-hybridized carbons (Fsp3) is 0.250. The van der Waals surface area contributed by atoms with Crippen LogP contribution in [0.25, 0.3) is 10.9 Å². The molecule has 23 heavy (non-hydrogen) atoms. The van der Waals surface area contributed by atoms with Crippen LogP contribution < -0.4 is 5.73 Å². The Bertz CT molecular complexity index is 874. The number of carbonyl (C=O) groups is 1. The van der Waals surface area contributed by atoms with Crippen LogP contribution in [-0.2, 0) is 17.1 Å². The highest BCUT2D eigenvalue weighted by atomic mass is 32.2. The highest BCUT2D eigenvalue weighted by Crippen LogP contribution is 2.26. The van der Waals surface area contributed by atoms with Crippen LogP contribution in [0.1, 0.15) is 17.1 Å². The number of aromatic nitrogens is 4. The van der Waals surface area contributed by atoms with Crippen molar-refractivity contribution in [2.75, 3.05) is 0 Å². The molecule has 2 N–H and O–H groups in total. The second-order valence-electron chi connectivity index (χ2n) is 5.31. The third-order valence-electron chi connectivity index (χ3n) is 3.50. The number of hydrogen-bond acceptors (Lipinski definition) is 5. The third-order valence-corrected chi connectivity index (χ3v) is 4.52. The van der Waals surface area contributed by atoms with E-state index in [1.54, 1.807) is 16.3 Å². The Morgan fingerprint density at radius 1 is 1.26 bits per heavy atom. The van der Waals surface area contributed by atoms with Crippen LogP contribution in [0, 0.1) is 13.8 Å². The van der Waals surface area contributed by atoms with Crippen molar-refractivity contribution < 1.29 is 4.79 Å². The molecule has 0 aliphatic carbocycles. The molecule has 6 nitrogen and oxygen atoms in total. The predicted molar refractivity (Wildman–Crippen MR) is 90.0 cm³/mol. The Hall–Kier alpha value is -2.41. The number of benzene rings is 1. The highest BCUT2D eigenvalue weighted by Gasteiger charge is 2.12. The Balaban J connectivity index is 1.88. The van der Waals surface area contributed by atoms with Crippen LogP contribution in [0.3, 0.4) is 0 Å². The molecular weight excluding hydrogens is 310 g/mol. The monoisotopic (exact) mass is 327 g/mol. The molecule has 0 unspecified atom stereocenters. The summed E-state index contributed by atoms with van der Waals surface area (Å²) < 4.78 is 1.74. The molecule has 0 bridgehead atoms. The molecule has 0 spiro atoms. The number of fused-ring (bicyclic) bond motifs is 1. The van der Waals surface area contributed by atoms with E-state index in [1.807, 2.05) is 32.0 Å². The zero-order valence-electron chi connectivity index (χ0n) is 13.0. The fourth-order valence-electron chi connectivity index (χ4n) is 2.46. The molecule has 0 fully saturated rings. The summed E-state index contributed by atoms with van der Waals surface area (Å²) in [5, 5.41) is 10.00. The van der Waals surface area contributed by atoms with Gasteiger partial charge in [0.25, 0.3) is 0 Å². The van der Waals surface area contributed by atoms with Crippen molar-refractivity contribution in [3.63, 3.8) is 0 Å². The highest BCUT2D eigenvalue weighted by molar-refractivity contribution is 7.98. The van der Waals surface area contributed by atoms with Gasteiger partial charge in [-0.15, -0.1) is 10.2 Å². The van der Waals surface area contributed by atoms with Crippen LogP contribution in [-0.4, -0.2) is 25.7 Å². The molecule has 0 saturated heterocycles. The lowest BCUT2D eigenvalue weighted by Gasteiger charge is -2.09. The van der Waals surface area contributed by atoms with E-state index < -0.39 is 5.91 Å². The van der Waals surface area contributed by atoms with Crippen LogP contribution in [0.15, 0.2) is 35.5 Å². The molecule has 0 saturated carbocycles. The Morgan fingerprint density at radius 3 is 2.83 bits per heavy atom. The predicted octanol–water partition coefficient (Wildman–Crippen LogP) is 2.22. The first-order valence-corrected chi connectivity index (χ1v) is 8.19. The van der Waals surface area contributed by atoms with Gasteiger partial charge in [0.2, 0.25) is 5.91 Å². The number of carbonyl (C=O) groups excluding carboxylic acids is 1. The molecular formula is C16H17N5OS. The number of thioether (sulfide) groups is 1. The number of primary amides is 1. The minimum Gasteiger partial charge on any atom is -0.368 e. The minimum absolute atomic E-state index is 0.0945. The molecule has 1 aromatic carbocycles. The number of rotatable bonds is 5. The van der Waals surface area contributed by atoms with Gasteiger partial charge in [0.1, 0.15) is 12.4 Å². The Kier molecular flexibility index (Phi) is 4.29. The van der Waals surface area contributed by atoms with Gasteiger partial charge >= 0.3 is 0 Å². The summed E-state index contributed by atoms with van der Waals surface area (Å²) in [5.41, 5.74) is 8.44. The summed E-state index contributed by atoms with van der Waals surface area (Å²) in [6.07, 6.45) is 0. The molecule has 0 aliphatic rings. The van der Waals surface area contributed by atoms with E-state index in [9.17, 15) is 4.79 Å². The van der Waals surface area contributed by atoms with Crippen LogP contribution in [0.5, 0.6) is 0 Å². The quantitative estimate of drug-likeness (QED) is 0.726. The van der Waals surface area contributed by atoms with Crippen LogP contribution in [0.4, 0.5) is 0 Å². The van der Waals surface area contributed by atoms with Crippen LogP contribution in [0.2, 0.25) is 0 Å². The summed E-state index contributed by atoms with van der Waals surface area (Å²) in [5.74, 6) is 1.00. The van der Waals surface area contributed by atoms with E-state index in [0.29, 0.717) is 11.0 Å². The summed E-state index contributed by atoms with van der Waals surface area (Å²) in [4.78, 5) is 15.7. The number of amides is 1. The fourth-order valence-corrected chi connectivity index (χ4v) is 3.44.